The van der Waals surface area contributed by atoms with Gasteiger partial charge in [-0.1, -0.05) is 0 Å². The molecule has 5 heteroatoms. The second kappa shape index (κ2) is 5.85. The normalized spacial score (nSPS) is 10.7. The molecule has 52 valence electrons. The Morgan fingerprint density at radius 3 is 1.22 bits per heavy atom. The third-order valence-corrected chi connectivity index (χ3v) is 0.945. The Balaban J connectivity index is 0. The van der Waals surface area contributed by atoms with Gasteiger partial charge in [0.05, 0.1) is 25.4 Å². The zero-order chi connectivity index (χ0) is 6.62. The average molecular weight is 161 g/mol. The molecule has 0 atom stereocenters. The van der Waals surface area contributed by atoms with Gasteiger partial charge in [0.25, 0.3) is 0 Å². The van der Waals surface area contributed by atoms with E-state index < -0.39 is 25.4 Å². The van der Waals surface area contributed by atoms with Crippen LogP contribution in [0.4, 0.5) is 0 Å². The summed E-state index contributed by atoms with van der Waals surface area (Å²) in [6.45, 7) is -1.21. The average Bonchev–Trinajstić information content (AvgIpc) is 1.87. The Morgan fingerprint density at radius 1 is 1.00 bits per heavy atom. The first-order valence-electron chi connectivity index (χ1n) is 2.30. The molecular weight excluding hydrogens is 150 g/mol. The number of aliphatic hydroxyl groups is 3. The molecule has 0 heterocycles. The smallest absolute Gasteiger partial charge is 0.0856 e. The van der Waals surface area contributed by atoms with Crippen molar-refractivity contribution in [3.05, 3.63) is 0 Å². The van der Waals surface area contributed by atoms with Gasteiger partial charge in [0.15, 0.2) is 0 Å². The zero-order valence-corrected chi connectivity index (χ0v) is 7.46. The van der Waals surface area contributed by atoms with Gasteiger partial charge >= 0.3 is 0 Å². The first kappa shape index (κ1) is 12.7. The van der Waals surface area contributed by atoms with E-state index in [9.17, 15) is 0 Å². The number of rotatable bonds is 3. The Labute approximate surface area is 83.7 Å². The standard InChI is InChI=1S/C4H11NO3.Ca/c5-4(1-6,2-7)3-8;/h6-8H,1-3,5H2;. The number of aliphatic hydroxyl groups excluding tert-OH is 3. The van der Waals surface area contributed by atoms with E-state index in [0.29, 0.717) is 0 Å². The third kappa shape index (κ3) is 4.50. The van der Waals surface area contributed by atoms with Crippen molar-refractivity contribution in [1.82, 2.24) is 0 Å². The SMILES string of the molecule is NC(CO)(CO)CO.[Ca]. The molecule has 2 radical (unpaired) electrons. The molecule has 0 aromatic rings. The Hall–Kier alpha value is 1.10. The van der Waals surface area contributed by atoms with Crippen molar-refractivity contribution in [3.63, 3.8) is 0 Å². The summed E-state index contributed by atoms with van der Waals surface area (Å²) < 4.78 is 0. The molecule has 4 nitrogen and oxygen atoms in total. The van der Waals surface area contributed by atoms with Crippen LogP contribution in [0.15, 0.2) is 0 Å². The van der Waals surface area contributed by atoms with Crippen LogP contribution in [0.25, 0.3) is 0 Å². The maximum absolute atomic E-state index is 8.34. The first-order valence-corrected chi connectivity index (χ1v) is 2.30. The fraction of sp³-hybridized carbons (Fsp3) is 1.00. The molecule has 0 spiro atoms. The Bertz CT molecular complexity index is 58.6. The van der Waals surface area contributed by atoms with Crippen molar-refractivity contribution in [2.75, 3.05) is 19.8 Å². The van der Waals surface area contributed by atoms with Crippen molar-refractivity contribution in [1.29, 1.82) is 0 Å². The van der Waals surface area contributed by atoms with Crippen LogP contribution in [0.2, 0.25) is 0 Å². The summed E-state index contributed by atoms with van der Waals surface area (Å²) in [6.07, 6.45) is 0. The summed E-state index contributed by atoms with van der Waals surface area (Å²) in [5.74, 6) is 0. The Kier molecular flexibility index (Phi) is 8.29. The molecule has 0 bridgehead atoms. The van der Waals surface area contributed by atoms with E-state index in [1.807, 2.05) is 0 Å². The summed E-state index contributed by atoms with van der Waals surface area (Å²) in [5, 5.41) is 25.0. The monoisotopic (exact) mass is 161 g/mol. The van der Waals surface area contributed by atoms with Crippen molar-refractivity contribution < 1.29 is 15.3 Å². The second-order valence-corrected chi connectivity index (χ2v) is 1.84. The fourth-order valence-corrected chi connectivity index (χ4v) is 0.150. The minimum absolute atomic E-state index is 0. The molecule has 0 rings (SSSR count). The van der Waals surface area contributed by atoms with Crippen LogP contribution in [0.5, 0.6) is 0 Å². The molecule has 0 aromatic heterocycles. The molecule has 0 aliphatic carbocycles. The third-order valence-electron chi connectivity index (χ3n) is 0.945. The van der Waals surface area contributed by atoms with Crippen molar-refractivity contribution >= 4 is 37.7 Å². The summed E-state index contributed by atoms with van der Waals surface area (Å²) >= 11 is 0. The predicted molar refractivity (Wildman–Crippen MR) is 33.9 cm³/mol. The van der Waals surface area contributed by atoms with E-state index in [-0.39, 0.29) is 37.7 Å². The molecule has 0 unspecified atom stereocenters. The van der Waals surface area contributed by atoms with E-state index >= 15 is 0 Å². The molecule has 0 saturated heterocycles. The maximum atomic E-state index is 8.34. The van der Waals surface area contributed by atoms with Crippen LogP contribution < -0.4 is 5.73 Å². The first-order chi connectivity index (χ1) is 3.68. The summed E-state index contributed by atoms with van der Waals surface area (Å²) in [6, 6.07) is 0. The van der Waals surface area contributed by atoms with Gasteiger partial charge in [-0.2, -0.15) is 0 Å². The largest absolute Gasteiger partial charge is 0.394 e. The van der Waals surface area contributed by atoms with Crippen LogP contribution in [0, 0.1) is 0 Å². The van der Waals surface area contributed by atoms with E-state index in [0.717, 1.165) is 0 Å². The molecule has 0 saturated carbocycles. The molecule has 0 amide bonds. The van der Waals surface area contributed by atoms with E-state index in [1.54, 1.807) is 0 Å². The van der Waals surface area contributed by atoms with Gasteiger partial charge in [0, 0.05) is 37.7 Å². The Morgan fingerprint density at radius 2 is 1.22 bits per heavy atom. The zero-order valence-electron chi connectivity index (χ0n) is 5.25. The topological polar surface area (TPSA) is 86.7 Å². The van der Waals surface area contributed by atoms with E-state index in [1.165, 1.54) is 0 Å². The minimum Gasteiger partial charge on any atom is -0.394 e. The van der Waals surface area contributed by atoms with Crippen LogP contribution in [-0.4, -0.2) is 78.4 Å². The van der Waals surface area contributed by atoms with Gasteiger partial charge in [-0.15, -0.1) is 0 Å². The second-order valence-electron chi connectivity index (χ2n) is 1.84. The molecule has 0 aromatic carbocycles. The van der Waals surface area contributed by atoms with Crippen LogP contribution >= 0.6 is 0 Å². The van der Waals surface area contributed by atoms with Gasteiger partial charge in [-0.3, -0.25) is 0 Å². The summed E-state index contributed by atoms with van der Waals surface area (Å²) in [5.41, 5.74) is 3.94. The van der Waals surface area contributed by atoms with Crippen LogP contribution in [0.1, 0.15) is 0 Å². The van der Waals surface area contributed by atoms with E-state index in [2.05, 4.69) is 0 Å². The van der Waals surface area contributed by atoms with Gasteiger partial charge in [-0.05, 0) is 0 Å². The molecule has 9 heavy (non-hydrogen) atoms. The van der Waals surface area contributed by atoms with Gasteiger partial charge in [-0.25, -0.2) is 0 Å². The molecule has 5 N–H and O–H groups in total. The molecule has 0 fully saturated rings. The molecular formula is C4H11CaNO3. The van der Waals surface area contributed by atoms with E-state index in [4.69, 9.17) is 21.1 Å². The van der Waals surface area contributed by atoms with Gasteiger partial charge in [0.1, 0.15) is 0 Å². The number of nitrogens with two attached hydrogens (primary N) is 1. The number of hydrogen-bond acceptors (Lipinski definition) is 4. The quantitative estimate of drug-likeness (QED) is 0.339. The van der Waals surface area contributed by atoms with Gasteiger partial charge in [0.2, 0.25) is 0 Å². The summed E-state index contributed by atoms with van der Waals surface area (Å²) in [7, 11) is 0. The molecule has 0 aliphatic heterocycles. The predicted octanol–water partition coefficient (Wildman–Crippen LogP) is -2.72. The van der Waals surface area contributed by atoms with Gasteiger partial charge < -0.3 is 21.1 Å². The summed E-state index contributed by atoms with van der Waals surface area (Å²) in [4.78, 5) is 0. The van der Waals surface area contributed by atoms with Crippen molar-refractivity contribution in [2.24, 2.45) is 5.73 Å². The molecule has 0 aliphatic rings. The van der Waals surface area contributed by atoms with Crippen LogP contribution in [0.3, 0.4) is 0 Å². The maximum Gasteiger partial charge on any atom is 0.0856 e. The van der Waals surface area contributed by atoms with Crippen molar-refractivity contribution in [2.45, 2.75) is 5.54 Å². The van der Waals surface area contributed by atoms with Crippen molar-refractivity contribution in [3.8, 4) is 0 Å². The van der Waals surface area contributed by atoms with Crippen LogP contribution in [-0.2, 0) is 0 Å². The fourth-order valence-electron chi connectivity index (χ4n) is 0.150. The number of hydrogen-bond donors (Lipinski definition) is 4. The minimum atomic E-state index is -1.21.